The smallest absolute Gasteiger partial charge is 0.237 e. The molecular formula is C15H28N4O. The zero-order chi connectivity index (χ0) is 14.3. The van der Waals surface area contributed by atoms with Crippen LogP contribution in [0.25, 0.3) is 0 Å². The van der Waals surface area contributed by atoms with Crippen molar-refractivity contribution in [2.75, 3.05) is 19.6 Å². The van der Waals surface area contributed by atoms with Gasteiger partial charge in [-0.05, 0) is 45.6 Å². The standard InChI is InChI=1S/C15H28N4O/c1-11-9-18-7-3-2-4-13(18)10-19(11)12-5-6-15(17,8-12)14(16)20/h11-13H,2-10,17H2,1H3,(H2,16,20). The van der Waals surface area contributed by atoms with E-state index < -0.39 is 5.54 Å². The number of primary amides is 1. The van der Waals surface area contributed by atoms with Crippen molar-refractivity contribution in [2.24, 2.45) is 11.5 Å². The number of hydrogen-bond donors (Lipinski definition) is 2. The first kappa shape index (κ1) is 14.3. The summed E-state index contributed by atoms with van der Waals surface area (Å²) < 4.78 is 0. The minimum absolute atomic E-state index is 0.330. The first-order valence-corrected chi connectivity index (χ1v) is 8.08. The molecule has 0 radical (unpaired) electrons. The summed E-state index contributed by atoms with van der Waals surface area (Å²) in [5.41, 5.74) is 10.9. The maximum Gasteiger partial charge on any atom is 0.237 e. The number of rotatable bonds is 2. The lowest BCUT2D eigenvalue weighted by molar-refractivity contribution is -0.123. The van der Waals surface area contributed by atoms with Gasteiger partial charge < -0.3 is 11.5 Å². The van der Waals surface area contributed by atoms with Crippen LogP contribution in [0.4, 0.5) is 0 Å². The monoisotopic (exact) mass is 280 g/mol. The van der Waals surface area contributed by atoms with Crippen LogP contribution in [0.2, 0.25) is 0 Å². The van der Waals surface area contributed by atoms with E-state index in [-0.39, 0.29) is 5.91 Å². The van der Waals surface area contributed by atoms with E-state index >= 15 is 0 Å². The molecule has 1 aliphatic carbocycles. The molecule has 2 aliphatic heterocycles. The van der Waals surface area contributed by atoms with Crippen LogP contribution in [0.5, 0.6) is 0 Å². The maximum absolute atomic E-state index is 11.5. The number of nitrogens with two attached hydrogens (primary N) is 2. The third-order valence-electron chi connectivity index (χ3n) is 5.72. The van der Waals surface area contributed by atoms with Crippen LogP contribution in [0.15, 0.2) is 0 Å². The number of piperidine rings is 1. The van der Waals surface area contributed by atoms with E-state index in [0.29, 0.717) is 18.1 Å². The Bertz CT molecular complexity index is 388. The van der Waals surface area contributed by atoms with Crippen molar-refractivity contribution in [2.45, 2.75) is 69.1 Å². The molecule has 5 heteroatoms. The second kappa shape index (κ2) is 5.28. The average Bonchev–Trinajstić information content (AvgIpc) is 2.82. The number of fused-ring (bicyclic) bond motifs is 1. The molecule has 114 valence electrons. The molecule has 4 N–H and O–H groups in total. The molecule has 2 saturated heterocycles. The molecule has 3 aliphatic rings. The Kier molecular flexibility index (Phi) is 3.77. The van der Waals surface area contributed by atoms with Crippen molar-refractivity contribution in [1.29, 1.82) is 0 Å². The minimum atomic E-state index is -0.770. The zero-order valence-corrected chi connectivity index (χ0v) is 12.6. The molecule has 0 aromatic rings. The number of carbonyl (C=O) groups is 1. The molecule has 0 aromatic heterocycles. The molecule has 0 aromatic carbocycles. The Balaban J connectivity index is 1.67. The first-order chi connectivity index (χ1) is 9.49. The Morgan fingerprint density at radius 3 is 2.70 bits per heavy atom. The maximum atomic E-state index is 11.5. The van der Waals surface area contributed by atoms with Crippen LogP contribution in [0, 0.1) is 0 Å². The van der Waals surface area contributed by atoms with E-state index in [2.05, 4.69) is 16.7 Å². The second-order valence-corrected chi connectivity index (χ2v) is 7.11. The van der Waals surface area contributed by atoms with Gasteiger partial charge in [0.25, 0.3) is 0 Å². The van der Waals surface area contributed by atoms with Gasteiger partial charge in [0.1, 0.15) is 0 Å². The summed E-state index contributed by atoms with van der Waals surface area (Å²) >= 11 is 0. The van der Waals surface area contributed by atoms with Gasteiger partial charge in [0.05, 0.1) is 5.54 Å². The third-order valence-corrected chi connectivity index (χ3v) is 5.72. The van der Waals surface area contributed by atoms with Crippen LogP contribution in [-0.2, 0) is 4.79 Å². The van der Waals surface area contributed by atoms with Crippen LogP contribution in [-0.4, -0.2) is 59.0 Å². The molecule has 3 rings (SSSR count). The zero-order valence-electron chi connectivity index (χ0n) is 12.6. The summed E-state index contributed by atoms with van der Waals surface area (Å²) in [6, 6.07) is 1.71. The van der Waals surface area contributed by atoms with Gasteiger partial charge in [-0.25, -0.2) is 0 Å². The van der Waals surface area contributed by atoms with Crippen molar-refractivity contribution in [1.82, 2.24) is 9.80 Å². The van der Waals surface area contributed by atoms with Gasteiger partial charge in [-0.3, -0.25) is 14.6 Å². The van der Waals surface area contributed by atoms with Gasteiger partial charge in [0, 0.05) is 31.2 Å². The minimum Gasteiger partial charge on any atom is -0.368 e. The summed E-state index contributed by atoms with van der Waals surface area (Å²) in [5, 5.41) is 0. The van der Waals surface area contributed by atoms with Gasteiger partial charge >= 0.3 is 0 Å². The molecule has 4 unspecified atom stereocenters. The normalized spacial score (nSPS) is 43.4. The van der Waals surface area contributed by atoms with Gasteiger partial charge in [0.15, 0.2) is 0 Å². The first-order valence-electron chi connectivity index (χ1n) is 8.08. The van der Waals surface area contributed by atoms with E-state index in [9.17, 15) is 4.79 Å². The van der Waals surface area contributed by atoms with E-state index in [0.717, 1.165) is 32.4 Å². The summed E-state index contributed by atoms with van der Waals surface area (Å²) in [4.78, 5) is 16.8. The fourth-order valence-corrected chi connectivity index (χ4v) is 4.44. The van der Waals surface area contributed by atoms with E-state index in [1.54, 1.807) is 0 Å². The molecule has 4 atom stereocenters. The van der Waals surface area contributed by atoms with Crippen molar-refractivity contribution in [3.63, 3.8) is 0 Å². The average molecular weight is 280 g/mol. The third kappa shape index (κ3) is 2.47. The Labute approximate surface area is 121 Å². The molecule has 20 heavy (non-hydrogen) atoms. The fourth-order valence-electron chi connectivity index (χ4n) is 4.44. The molecule has 2 heterocycles. The van der Waals surface area contributed by atoms with Gasteiger partial charge in [-0.15, -0.1) is 0 Å². The lowest BCUT2D eigenvalue weighted by Gasteiger charge is -2.49. The van der Waals surface area contributed by atoms with Crippen molar-refractivity contribution in [3.8, 4) is 0 Å². The number of amides is 1. The SMILES string of the molecule is CC1CN2CCCCC2CN1C1CCC(N)(C(N)=O)C1. The highest BCUT2D eigenvalue weighted by Gasteiger charge is 2.45. The van der Waals surface area contributed by atoms with E-state index in [1.807, 2.05) is 0 Å². The van der Waals surface area contributed by atoms with Crippen LogP contribution >= 0.6 is 0 Å². The topological polar surface area (TPSA) is 75.6 Å². The predicted molar refractivity (Wildman–Crippen MR) is 79.1 cm³/mol. The van der Waals surface area contributed by atoms with Crippen LogP contribution in [0.3, 0.4) is 0 Å². The highest BCUT2D eigenvalue weighted by Crippen LogP contribution is 2.35. The number of piperazine rings is 1. The summed E-state index contributed by atoms with van der Waals surface area (Å²) in [5.74, 6) is -0.330. The highest BCUT2D eigenvalue weighted by atomic mass is 16.1. The number of hydrogen-bond acceptors (Lipinski definition) is 4. The summed E-state index contributed by atoms with van der Waals surface area (Å²) in [6.07, 6.45) is 6.51. The lowest BCUT2D eigenvalue weighted by Crippen LogP contribution is -2.61. The Morgan fingerprint density at radius 2 is 2.00 bits per heavy atom. The van der Waals surface area contributed by atoms with Crippen molar-refractivity contribution >= 4 is 5.91 Å². The van der Waals surface area contributed by atoms with Gasteiger partial charge in [0.2, 0.25) is 5.91 Å². The molecule has 1 saturated carbocycles. The number of carbonyl (C=O) groups excluding carboxylic acids is 1. The molecule has 1 amide bonds. The van der Waals surface area contributed by atoms with Gasteiger partial charge in [-0.2, -0.15) is 0 Å². The van der Waals surface area contributed by atoms with Gasteiger partial charge in [-0.1, -0.05) is 6.42 Å². The lowest BCUT2D eigenvalue weighted by atomic mass is 9.94. The Morgan fingerprint density at radius 1 is 1.20 bits per heavy atom. The van der Waals surface area contributed by atoms with Crippen molar-refractivity contribution in [3.05, 3.63) is 0 Å². The van der Waals surface area contributed by atoms with E-state index in [4.69, 9.17) is 11.5 Å². The summed E-state index contributed by atoms with van der Waals surface area (Å²) in [7, 11) is 0. The second-order valence-electron chi connectivity index (χ2n) is 7.11. The predicted octanol–water partition coefficient (Wildman–Crippen LogP) is 0.280. The Hall–Kier alpha value is -0.650. The molecule has 0 spiro atoms. The van der Waals surface area contributed by atoms with E-state index in [1.165, 1.54) is 25.8 Å². The number of nitrogens with zero attached hydrogens (tertiary/aromatic N) is 2. The largest absolute Gasteiger partial charge is 0.368 e. The van der Waals surface area contributed by atoms with Crippen molar-refractivity contribution < 1.29 is 4.79 Å². The fraction of sp³-hybridized carbons (Fsp3) is 0.933. The highest BCUT2D eigenvalue weighted by molar-refractivity contribution is 5.84. The van der Waals surface area contributed by atoms with Crippen LogP contribution in [0.1, 0.15) is 45.4 Å². The molecule has 0 bridgehead atoms. The summed E-state index contributed by atoms with van der Waals surface area (Å²) in [6.45, 7) is 5.87. The molecule has 5 nitrogen and oxygen atoms in total. The van der Waals surface area contributed by atoms with Crippen LogP contribution < -0.4 is 11.5 Å². The molecule has 3 fully saturated rings. The quantitative estimate of drug-likeness (QED) is 0.762. The molecular weight excluding hydrogens is 252 g/mol.